The third-order valence-corrected chi connectivity index (χ3v) is 3.22. The van der Waals surface area contributed by atoms with Crippen LogP contribution in [0.3, 0.4) is 0 Å². The Bertz CT molecular complexity index is 445. The van der Waals surface area contributed by atoms with Crippen molar-refractivity contribution in [1.82, 2.24) is 0 Å². The fourth-order valence-electron chi connectivity index (χ4n) is 2.00. The van der Waals surface area contributed by atoms with Crippen molar-refractivity contribution in [2.75, 3.05) is 0 Å². The van der Waals surface area contributed by atoms with Gasteiger partial charge in [-0.2, -0.15) is 0 Å². The van der Waals surface area contributed by atoms with E-state index in [-0.39, 0.29) is 0 Å². The maximum atomic E-state index is 2.31. The van der Waals surface area contributed by atoms with Crippen molar-refractivity contribution >= 4 is 10.8 Å². The van der Waals surface area contributed by atoms with Crippen LogP contribution in [0.2, 0.25) is 0 Å². The first-order valence-corrected chi connectivity index (χ1v) is 7.11. The fraction of sp³-hybridized carbons (Fsp3) is 0.444. The van der Waals surface area contributed by atoms with Gasteiger partial charge in [-0.05, 0) is 33.7 Å². The molecule has 2 aromatic carbocycles. The average Bonchev–Trinajstić information content (AvgIpc) is 2.39. The molecule has 0 saturated carbocycles. The van der Waals surface area contributed by atoms with Crippen LogP contribution >= 0.6 is 0 Å². The molecule has 0 aliphatic rings. The molecule has 0 saturated heterocycles. The number of hydrogen-bond acceptors (Lipinski definition) is 0. The molecule has 0 heterocycles. The van der Waals surface area contributed by atoms with E-state index in [2.05, 4.69) is 64.1 Å². The van der Waals surface area contributed by atoms with Crippen LogP contribution < -0.4 is 0 Å². The maximum absolute atomic E-state index is 2.31. The second-order valence-corrected chi connectivity index (χ2v) is 5.18. The van der Waals surface area contributed by atoms with Crippen LogP contribution in [0.5, 0.6) is 0 Å². The molecule has 0 unspecified atom stereocenters. The van der Waals surface area contributed by atoms with Crippen LogP contribution in [0.25, 0.3) is 10.8 Å². The second kappa shape index (κ2) is 6.58. The lowest BCUT2D eigenvalue weighted by molar-refractivity contribution is 0.865. The van der Waals surface area contributed by atoms with Gasteiger partial charge < -0.3 is 0 Å². The normalized spacial score (nSPS) is 10.7. The van der Waals surface area contributed by atoms with Gasteiger partial charge in [0.05, 0.1) is 0 Å². The molecule has 0 bridgehead atoms. The molecule has 0 amide bonds. The Morgan fingerprint density at radius 1 is 0.611 bits per heavy atom. The molecule has 0 aromatic heterocycles. The SMILES string of the molecule is CC.CC(C)c1ccc2cc(C(C)C)ccc2c1. The van der Waals surface area contributed by atoms with Crippen molar-refractivity contribution in [3.8, 4) is 0 Å². The summed E-state index contributed by atoms with van der Waals surface area (Å²) in [7, 11) is 0. The zero-order chi connectivity index (χ0) is 13.7. The summed E-state index contributed by atoms with van der Waals surface area (Å²) in [4.78, 5) is 0. The summed E-state index contributed by atoms with van der Waals surface area (Å²) in [6.45, 7) is 13.0. The van der Waals surface area contributed by atoms with Crippen molar-refractivity contribution in [2.45, 2.75) is 53.4 Å². The summed E-state index contributed by atoms with van der Waals surface area (Å²) in [5.41, 5.74) is 2.84. The highest BCUT2D eigenvalue weighted by atomic mass is 14.1. The second-order valence-electron chi connectivity index (χ2n) is 5.18. The maximum Gasteiger partial charge on any atom is -0.0181 e. The lowest BCUT2D eigenvalue weighted by Gasteiger charge is -2.10. The lowest BCUT2D eigenvalue weighted by atomic mass is 9.96. The van der Waals surface area contributed by atoms with Crippen LogP contribution in [0.15, 0.2) is 36.4 Å². The lowest BCUT2D eigenvalue weighted by Crippen LogP contribution is -1.89. The third kappa shape index (κ3) is 3.35. The molecule has 0 aliphatic heterocycles. The summed E-state index contributed by atoms with van der Waals surface area (Å²) in [5.74, 6) is 1.21. The highest BCUT2D eigenvalue weighted by Crippen LogP contribution is 2.24. The van der Waals surface area contributed by atoms with E-state index in [1.54, 1.807) is 0 Å². The first-order valence-electron chi connectivity index (χ1n) is 7.11. The summed E-state index contributed by atoms with van der Waals surface area (Å²) in [6.07, 6.45) is 0. The number of fused-ring (bicyclic) bond motifs is 1. The van der Waals surface area contributed by atoms with Gasteiger partial charge in [-0.15, -0.1) is 0 Å². The van der Waals surface area contributed by atoms with E-state index in [4.69, 9.17) is 0 Å². The largest absolute Gasteiger partial charge is 0.0683 e. The molecule has 0 N–H and O–H groups in total. The molecule has 98 valence electrons. The van der Waals surface area contributed by atoms with Gasteiger partial charge in [0.15, 0.2) is 0 Å². The molecule has 2 rings (SSSR count). The Balaban J connectivity index is 0.000000771. The Labute approximate surface area is 112 Å². The standard InChI is InChI=1S/C16H20.C2H6/c1-11(2)13-5-7-16-10-14(12(3)4)6-8-15(16)9-13;1-2/h5-12H,1-4H3;1-2H3. The average molecular weight is 242 g/mol. The van der Waals surface area contributed by atoms with Crippen LogP contribution in [-0.4, -0.2) is 0 Å². The Morgan fingerprint density at radius 2 is 0.944 bits per heavy atom. The number of rotatable bonds is 2. The molecule has 0 spiro atoms. The van der Waals surface area contributed by atoms with Gasteiger partial charge in [0.25, 0.3) is 0 Å². The summed E-state index contributed by atoms with van der Waals surface area (Å²) >= 11 is 0. The van der Waals surface area contributed by atoms with Crippen molar-refractivity contribution < 1.29 is 0 Å². The Morgan fingerprint density at radius 3 is 1.22 bits per heavy atom. The van der Waals surface area contributed by atoms with E-state index in [0.717, 1.165) is 0 Å². The molecule has 0 aliphatic carbocycles. The van der Waals surface area contributed by atoms with E-state index in [0.29, 0.717) is 11.8 Å². The summed E-state index contributed by atoms with van der Waals surface area (Å²) in [6, 6.07) is 13.6. The first kappa shape index (κ1) is 14.8. The van der Waals surface area contributed by atoms with Crippen LogP contribution in [0, 0.1) is 0 Å². The Hall–Kier alpha value is -1.30. The summed E-state index contributed by atoms with van der Waals surface area (Å²) in [5, 5.41) is 2.71. The zero-order valence-electron chi connectivity index (χ0n) is 12.6. The highest BCUT2D eigenvalue weighted by molar-refractivity contribution is 5.84. The van der Waals surface area contributed by atoms with Crippen molar-refractivity contribution in [1.29, 1.82) is 0 Å². The highest BCUT2D eigenvalue weighted by Gasteiger charge is 2.03. The molecule has 2 aromatic rings. The zero-order valence-corrected chi connectivity index (χ0v) is 12.6. The minimum absolute atomic E-state index is 0.606. The van der Waals surface area contributed by atoms with Gasteiger partial charge in [-0.25, -0.2) is 0 Å². The van der Waals surface area contributed by atoms with Gasteiger partial charge in [0, 0.05) is 0 Å². The predicted octanol–water partition coefficient (Wildman–Crippen LogP) is 6.11. The van der Waals surface area contributed by atoms with E-state index >= 15 is 0 Å². The van der Waals surface area contributed by atoms with E-state index in [9.17, 15) is 0 Å². The molecule has 0 atom stereocenters. The molecular weight excluding hydrogens is 216 g/mol. The minimum atomic E-state index is 0.606. The smallest absolute Gasteiger partial charge is 0.0181 e. The van der Waals surface area contributed by atoms with E-state index < -0.39 is 0 Å². The van der Waals surface area contributed by atoms with Gasteiger partial charge in [0.2, 0.25) is 0 Å². The van der Waals surface area contributed by atoms with Gasteiger partial charge in [-0.1, -0.05) is 77.9 Å². The molecule has 0 heteroatoms. The van der Waals surface area contributed by atoms with Crippen LogP contribution in [0.4, 0.5) is 0 Å². The van der Waals surface area contributed by atoms with E-state index in [1.165, 1.54) is 21.9 Å². The van der Waals surface area contributed by atoms with Gasteiger partial charge in [-0.3, -0.25) is 0 Å². The van der Waals surface area contributed by atoms with Crippen molar-refractivity contribution in [3.05, 3.63) is 47.5 Å². The molecule has 0 radical (unpaired) electrons. The predicted molar refractivity (Wildman–Crippen MR) is 83.5 cm³/mol. The van der Waals surface area contributed by atoms with Gasteiger partial charge in [0.1, 0.15) is 0 Å². The van der Waals surface area contributed by atoms with Crippen LogP contribution in [0.1, 0.15) is 64.5 Å². The van der Waals surface area contributed by atoms with Crippen molar-refractivity contribution in [2.24, 2.45) is 0 Å². The van der Waals surface area contributed by atoms with Crippen LogP contribution in [-0.2, 0) is 0 Å². The first-order chi connectivity index (χ1) is 8.58. The molecule has 0 nitrogen and oxygen atoms in total. The molecular formula is C18H26. The quantitative estimate of drug-likeness (QED) is 0.595. The topological polar surface area (TPSA) is 0 Å². The monoisotopic (exact) mass is 242 g/mol. The molecule has 0 fully saturated rings. The Kier molecular flexibility index (Phi) is 5.40. The number of hydrogen-bond donors (Lipinski definition) is 0. The minimum Gasteiger partial charge on any atom is -0.0683 e. The van der Waals surface area contributed by atoms with Crippen molar-refractivity contribution in [3.63, 3.8) is 0 Å². The summed E-state index contributed by atoms with van der Waals surface area (Å²) < 4.78 is 0. The van der Waals surface area contributed by atoms with Gasteiger partial charge >= 0.3 is 0 Å². The fourth-order valence-corrected chi connectivity index (χ4v) is 2.00. The third-order valence-electron chi connectivity index (χ3n) is 3.22. The number of benzene rings is 2. The molecule has 18 heavy (non-hydrogen) atoms. The van der Waals surface area contributed by atoms with E-state index in [1.807, 2.05) is 13.8 Å².